The van der Waals surface area contributed by atoms with E-state index in [0.717, 1.165) is 6.42 Å². The molecular formula is C16H21Cl. The maximum Gasteiger partial charge on any atom is 0.0593 e. The van der Waals surface area contributed by atoms with Crippen LogP contribution < -0.4 is 0 Å². The van der Waals surface area contributed by atoms with Gasteiger partial charge in [0.25, 0.3) is 0 Å². The fourth-order valence-corrected chi connectivity index (χ4v) is 3.99. The fourth-order valence-electron chi connectivity index (χ4n) is 3.37. The van der Waals surface area contributed by atoms with E-state index < -0.39 is 0 Å². The van der Waals surface area contributed by atoms with Crippen LogP contribution >= 0.6 is 11.6 Å². The number of aryl methyl sites for hydroxylation is 3. The van der Waals surface area contributed by atoms with Crippen LogP contribution in [0.5, 0.6) is 0 Å². The molecule has 0 nitrogen and oxygen atoms in total. The molecule has 0 radical (unpaired) electrons. The molecule has 0 amide bonds. The van der Waals surface area contributed by atoms with Crippen LogP contribution in [-0.2, 0) is 19.3 Å². The summed E-state index contributed by atoms with van der Waals surface area (Å²) in [6, 6.07) is 4.87. The highest BCUT2D eigenvalue weighted by atomic mass is 35.5. The Labute approximate surface area is 109 Å². The summed E-state index contributed by atoms with van der Waals surface area (Å²) in [5, 5.41) is 0.216. The van der Waals surface area contributed by atoms with Gasteiger partial charge in [-0.3, -0.25) is 0 Å². The first-order chi connectivity index (χ1) is 8.05. The zero-order valence-electron chi connectivity index (χ0n) is 10.9. The lowest BCUT2D eigenvalue weighted by molar-refractivity contribution is 0.313. The highest BCUT2D eigenvalue weighted by Gasteiger charge is 2.29. The number of hydrogen-bond acceptors (Lipinski definition) is 0. The Morgan fingerprint density at radius 1 is 1.06 bits per heavy atom. The Morgan fingerprint density at radius 2 is 1.76 bits per heavy atom. The number of hydrogen-bond donors (Lipinski definition) is 0. The minimum Gasteiger partial charge on any atom is -0.118 e. The minimum absolute atomic E-state index is 0.216. The Kier molecular flexibility index (Phi) is 2.74. The molecule has 1 heteroatoms. The van der Waals surface area contributed by atoms with Crippen LogP contribution in [0, 0.1) is 5.41 Å². The molecule has 2 aliphatic carbocycles. The Bertz CT molecular complexity index is 445. The van der Waals surface area contributed by atoms with E-state index in [-0.39, 0.29) is 5.38 Å². The highest BCUT2D eigenvalue weighted by molar-refractivity contribution is 6.21. The average Bonchev–Trinajstić information content (AvgIpc) is 2.67. The molecule has 0 saturated carbocycles. The third-order valence-corrected chi connectivity index (χ3v) is 4.88. The maximum absolute atomic E-state index is 6.64. The van der Waals surface area contributed by atoms with Gasteiger partial charge in [0.15, 0.2) is 0 Å². The number of halogens is 1. The monoisotopic (exact) mass is 248 g/mol. The standard InChI is InChI=1S/C16H21Cl/c1-16(2)7-6-13-8-11-4-3-5-12(11)9-14(13)15(17)10-16/h8-9,15H,3-7,10H2,1-2H3. The van der Waals surface area contributed by atoms with Crippen molar-refractivity contribution in [1.29, 1.82) is 0 Å². The number of alkyl halides is 1. The van der Waals surface area contributed by atoms with Crippen molar-refractivity contribution in [2.24, 2.45) is 5.41 Å². The number of benzene rings is 1. The first-order valence-electron chi connectivity index (χ1n) is 6.84. The lowest BCUT2D eigenvalue weighted by atomic mass is 9.84. The summed E-state index contributed by atoms with van der Waals surface area (Å²) in [6.07, 6.45) is 7.45. The molecule has 1 aromatic carbocycles. The van der Waals surface area contributed by atoms with E-state index in [0.29, 0.717) is 5.41 Å². The van der Waals surface area contributed by atoms with Crippen molar-refractivity contribution in [1.82, 2.24) is 0 Å². The van der Waals surface area contributed by atoms with E-state index in [2.05, 4.69) is 26.0 Å². The van der Waals surface area contributed by atoms with Gasteiger partial charge in [0.1, 0.15) is 0 Å². The van der Waals surface area contributed by atoms with Crippen LogP contribution in [0.3, 0.4) is 0 Å². The molecule has 17 heavy (non-hydrogen) atoms. The molecule has 0 fully saturated rings. The second kappa shape index (κ2) is 4.02. The van der Waals surface area contributed by atoms with Crippen LogP contribution in [0.25, 0.3) is 0 Å². The quantitative estimate of drug-likeness (QED) is 0.456. The number of fused-ring (bicyclic) bond motifs is 2. The normalized spacial score (nSPS) is 26.2. The van der Waals surface area contributed by atoms with E-state index in [4.69, 9.17) is 11.6 Å². The molecule has 0 N–H and O–H groups in total. The summed E-state index contributed by atoms with van der Waals surface area (Å²) in [4.78, 5) is 0. The number of rotatable bonds is 0. The second-order valence-electron chi connectivity index (χ2n) is 6.51. The van der Waals surface area contributed by atoms with Crippen molar-refractivity contribution < 1.29 is 0 Å². The molecule has 1 aromatic rings. The third kappa shape index (κ3) is 2.12. The predicted molar refractivity (Wildman–Crippen MR) is 73.8 cm³/mol. The lowest BCUT2D eigenvalue weighted by Gasteiger charge is -2.23. The van der Waals surface area contributed by atoms with Crippen LogP contribution in [0.4, 0.5) is 0 Å². The molecule has 1 atom stereocenters. The van der Waals surface area contributed by atoms with E-state index in [1.54, 1.807) is 11.1 Å². The van der Waals surface area contributed by atoms with E-state index in [9.17, 15) is 0 Å². The van der Waals surface area contributed by atoms with Gasteiger partial charge in [0.2, 0.25) is 0 Å². The summed E-state index contributed by atoms with van der Waals surface area (Å²) in [6.45, 7) is 4.70. The molecular weight excluding hydrogens is 228 g/mol. The SMILES string of the molecule is CC1(C)CCc2cc3c(cc2C(Cl)C1)CCC3. The Balaban J connectivity index is 2.04. The predicted octanol–water partition coefficient (Wildman–Crippen LogP) is 4.82. The zero-order chi connectivity index (χ0) is 12.0. The maximum atomic E-state index is 6.64. The molecule has 0 saturated heterocycles. The molecule has 1 unspecified atom stereocenters. The van der Waals surface area contributed by atoms with E-state index in [1.807, 2.05) is 0 Å². The van der Waals surface area contributed by atoms with Crippen molar-refractivity contribution in [2.75, 3.05) is 0 Å². The zero-order valence-corrected chi connectivity index (χ0v) is 11.6. The smallest absolute Gasteiger partial charge is 0.0593 e. The third-order valence-electron chi connectivity index (χ3n) is 4.49. The van der Waals surface area contributed by atoms with Crippen molar-refractivity contribution in [2.45, 2.75) is 57.7 Å². The largest absolute Gasteiger partial charge is 0.118 e. The summed E-state index contributed by atoms with van der Waals surface area (Å²) < 4.78 is 0. The molecule has 92 valence electrons. The second-order valence-corrected chi connectivity index (χ2v) is 7.04. The molecule has 2 aliphatic rings. The molecule has 0 spiro atoms. The van der Waals surface area contributed by atoms with Crippen LogP contribution in [0.2, 0.25) is 0 Å². The van der Waals surface area contributed by atoms with Gasteiger partial charge in [-0.15, -0.1) is 11.6 Å². The summed E-state index contributed by atoms with van der Waals surface area (Å²) in [7, 11) is 0. The van der Waals surface area contributed by atoms with Gasteiger partial charge in [-0.2, -0.15) is 0 Å². The fraction of sp³-hybridized carbons (Fsp3) is 0.625. The van der Waals surface area contributed by atoms with Crippen molar-refractivity contribution in [3.05, 3.63) is 34.4 Å². The van der Waals surface area contributed by atoms with Gasteiger partial charge in [0, 0.05) is 0 Å². The first kappa shape index (κ1) is 11.6. The van der Waals surface area contributed by atoms with Crippen molar-refractivity contribution in [3.8, 4) is 0 Å². The summed E-state index contributed by atoms with van der Waals surface area (Å²) in [5.41, 5.74) is 6.49. The van der Waals surface area contributed by atoms with Gasteiger partial charge < -0.3 is 0 Å². The van der Waals surface area contributed by atoms with E-state index in [1.165, 1.54) is 43.2 Å². The lowest BCUT2D eigenvalue weighted by Crippen LogP contribution is -2.11. The van der Waals surface area contributed by atoms with Crippen LogP contribution in [0.15, 0.2) is 12.1 Å². The highest BCUT2D eigenvalue weighted by Crippen LogP contribution is 2.43. The van der Waals surface area contributed by atoms with Crippen molar-refractivity contribution in [3.63, 3.8) is 0 Å². The molecule has 0 bridgehead atoms. The van der Waals surface area contributed by atoms with Gasteiger partial charge in [-0.05, 0) is 66.2 Å². The van der Waals surface area contributed by atoms with E-state index >= 15 is 0 Å². The van der Waals surface area contributed by atoms with Gasteiger partial charge in [-0.25, -0.2) is 0 Å². The van der Waals surface area contributed by atoms with Crippen molar-refractivity contribution >= 4 is 11.6 Å². The van der Waals surface area contributed by atoms with Gasteiger partial charge in [0.05, 0.1) is 5.38 Å². The Morgan fingerprint density at radius 3 is 2.53 bits per heavy atom. The topological polar surface area (TPSA) is 0 Å². The molecule has 0 aromatic heterocycles. The molecule has 3 rings (SSSR count). The molecule has 0 aliphatic heterocycles. The minimum atomic E-state index is 0.216. The van der Waals surface area contributed by atoms with Crippen LogP contribution in [0.1, 0.15) is 60.7 Å². The van der Waals surface area contributed by atoms with Crippen LogP contribution in [-0.4, -0.2) is 0 Å². The van der Waals surface area contributed by atoms with Gasteiger partial charge >= 0.3 is 0 Å². The Hall–Kier alpha value is -0.490. The van der Waals surface area contributed by atoms with Gasteiger partial charge in [-0.1, -0.05) is 26.0 Å². The summed E-state index contributed by atoms with van der Waals surface area (Å²) in [5.74, 6) is 0. The first-order valence-corrected chi connectivity index (χ1v) is 7.27. The molecule has 0 heterocycles. The average molecular weight is 249 g/mol. The summed E-state index contributed by atoms with van der Waals surface area (Å²) >= 11 is 6.64.